The standard InChI is InChI=1S/C32H33F4N5O2/c1-2-22-25(35)7-6-18-11-21(42)12-23(26(18)22)28-27(36)29-24(14-37-28)30(40-9-3-5-19(33)15-40)39-31(38-29)43-17-32-8-4-10-41(32)16-20(34)13-32/h6-7,11-12,14,19-20,42H,2-5,8-10,13,15-17H2,1H3/t19-,20+,32-/m0/s1. The van der Waals surface area contributed by atoms with Gasteiger partial charge in [0, 0.05) is 31.3 Å². The third kappa shape index (κ3) is 4.81. The van der Waals surface area contributed by atoms with Crippen molar-refractivity contribution >= 4 is 27.5 Å². The van der Waals surface area contributed by atoms with E-state index in [9.17, 15) is 18.3 Å². The summed E-state index contributed by atoms with van der Waals surface area (Å²) in [5.41, 5.74) is -0.0338. The van der Waals surface area contributed by atoms with Gasteiger partial charge in [0.1, 0.15) is 47.5 Å². The van der Waals surface area contributed by atoms with Crippen LogP contribution in [0.4, 0.5) is 23.4 Å². The molecular formula is C32H33F4N5O2. The van der Waals surface area contributed by atoms with Gasteiger partial charge >= 0.3 is 6.01 Å². The molecule has 3 atom stereocenters. The van der Waals surface area contributed by atoms with Crippen LogP contribution in [0.3, 0.4) is 0 Å². The van der Waals surface area contributed by atoms with Crippen molar-refractivity contribution in [3.63, 3.8) is 0 Å². The lowest BCUT2D eigenvalue weighted by atomic mass is 9.94. The number of anilines is 1. The minimum Gasteiger partial charge on any atom is -0.508 e. The molecule has 0 unspecified atom stereocenters. The molecule has 1 N–H and O–H groups in total. The van der Waals surface area contributed by atoms with Crippen LogP contribution < -0.4 is 9.64 Å². The molecular weight excluding hydrogens is 562 g/mol. The van der Waals surface area contributed by atoms with Crippen LogP contribution in [0.2, 0.25) is 0 Å². The lowest BCUT2D eigenvalue weighted by Crippen LogP contribution is -2.43. The van der Waals surface area contributed by atoms with Crippen molar-refractivity contribution in [3.05, 3.63) is 47.7 Å². The van der Waals surface area contributed by atoms with E-state index in [1.54, 1.807) is 17.9 Å². The molecule has 0 spiro atoms. The quantitative estimate of drug-likeness (QED) is 0.263. The first-order chi connectivity index (χ1) is 20.8. The maximum Gasteiger partial charge on any atom is 0.319 e. The van der Waals surface area contributed by atoms with E-state index >= 15 is 4.39 Å². The Bertz CT molecular complexity index is 1720. The number of hydrogen-bond acceptors (Lipinski definition) is 7. The number of phenolic OH excluding ortho intramolecular Hbond substituents is 1. The van der Waals surface area contributed by atoms with Crippen LogP contribution in [0.15, 0.2) is 30.5 Å². The molecule has 0 saturated carbocycles. The SMILES string of the molecule is CCc1c(F)ccc2cc(O)cc(-c3ncc4c(N5CCC[C@H](F)C5)nc(OC[C@@]56CCCN5C[C@H](F)C6)nc4c3F)c12. The van der Waals surface area contributed by atoms with Gasteiger partial charge in [-0.2, -0.15) is 9.97 Å². The van der Waals surface area contributed by atoms with Crippen LogP contribution in [-0.4, -0.2) is 75.6 Å². The van der Waals surface area contributed by atoms with E-state index in [0.29, 0.717) is 66.3 Å². The first-order valence-corrected chi connectivity index (χ1v) is 15.0. The number of hydrogen-bond donors (Lipinski definition) is 1. The van der Waals surface area contributed by atoms with E-state index in [1.807, 2.05) is 0 Å². The zero-order valence-electron chi connectivity index (χ0n) is 23.9. The number of alkyl halides is 2. The Labute approximate surface area is 246 Å². The molecule has 3 saturated heterocycles. The molecule has 0 amide bonds. The van der Waals surface area contributed by atoms with Gasteiger partial charge in [0.2, 0.25) is 0 Å². The number of benzene rings is 2. The predicted molar refractivity (Wildman–Crippen MR) is 156 cm³/mol. The summed E-state index contributed by atoms with van der Waals surface area (Å²) >= 11 is 0. The third-order valence-corrected chi connectivity index (χ3v) is 9.30. The second kappa shape index (κ2) is 10.8. The Balaban J connectivity index is 1.37. The van der Waals surface area contributed by atoms with Crippen molar-refractivity contribution in [1.29, 1.82) is 0 Å². The summed E-state index contributed by atoms with van der Waals surface area (Å²) < 4.78 is 66.5. The van der Waals surface area contributed by atoms with Crippen LogP contribution in [0, 0.1) is 11.6 Å². The number of halogens is 4. The molecule has 7 rings (SSSR count). The molecule has 43 heavy (non-hydrogen) atoms. The van der Waals surface area contributed by atoms with Gasteiger partial charge in [0.25, 0.3) is 0 Å². The molecule has 0 bridgehead atoms. The summed E-state index contributed by atoms with van der Waals surface area (Å²) in [7, 11) is 0. The molecule has 2 aromatic carbocycles. The highest BCUT2D eigenvalue weighted by atomic mass is 19.1. The van der Waals surface area contributed by atoms with Crippen molar-refractivity contribution in [2.75, 3.05) is 37.7 Å². The first kappa shape index (κ1) is 28.1. The highest BCUT2D eigenvalue weighted by Gasteiger charge is 2.49. The number of pyridine rings is 1. The van der Waals surface area contributed by atoms with E-state index < -0.39 is 29.5 Å². The second-order valence-electron chi connectivity index (χ2n) is 12.0. The molecule has 0 radical (unpaired) electrons. The molecule has 3 fully saturated rings. The molecule has 226 valence electrons. The molecule has 7 nitrogen and oxygen atoms in total. The molecule has 3 aliphatic heterocycles. The Hall–Kier alpha value is -3.73. The summed E-state index contributed by atoms with van der Waals surface area (Å²) in [6.45, 7) is 3.72. The zero-order chi connectivity index (χ0) is 29.9. The smallest absolute Gasteiger partial charge is 0.319 e. The van der Waals surface area contributed by atoms with Crippen molar-refractivity contribution in [1.82, 2.24) is 19.9 Å². The second-order valence-corrected chi connectivity index (χ2v) is 12.0. The van der Waals surface area contributed by atoms with Gasteiger partial charge in [-0.1, -0.05) is 13.0 Å². The summed E-state index contributed by atoms with van der Waals surface area (Å²) in [6, 6.07) is 5.66. The summed E-state index contributed by atoms with van der Waals surface area (Å²) in [6.07, 6.45) is 2.90. The number of aromatic hydroxyl groups is 1. The number of rotatable bonds is 6. The molecule has 0 aliphatic carbocycles. The fourth-order valence-electron chi connectivity index (χ4n) is 7.31. The predicted octanol–water partition coefficient (Wildman–Crippen LogP) is 6.28. The van der Waals surface area contributed by atoms with Gasteiger partial charge in [-0.15, -0.1) is 0 Å². The van der Waals surface area contributed by atoms with E-state index in [-0.39, 0.29) is 41.7 Å². The maximum absolute atomic E-state index is 16.6. The van der Waals surface area contributed by atoms with E-state index in [1.165, 1.54) is 24.4 Å². The Morgan fingerprint density at radius 3 is 2.74 bits per heavy atom. The average Bonchev–Trinajstić information content (AvgIpc) is 3.51. The lowest BCUT2D eigenvalue weighted by molar-refractivity contribution is 0.107. The highest BCUT2D eigenvalue weighted by Crippen LogP contribution is 2.42. The lowest BCUT2D eigenvalue weighted by Gasteiger charge is -2.32. The van der Waals surface area contributed by atoms with Crippen molar-refractivity contribution in [2.45, 2.75) is 63.3 Å². The summed E-state index contributed by atoms with van der Waals surface area (Å²) in [5, 5.41) is 11.8. The number of ether oxygens (including phenoxy) is 1. The van der Waals surface area contributed by atoms with Gasteiger partial charge in [0.15, 0.2) is 5.82 Å². The fraction of sp³-hybridized carbons (Fsp3) is 0.469. The van der Waals surface area contributed by atoms with Gasteiger partial charge in [0.05, 0.1) is 17.5 Å². The minimum absolute atomic E-state index is 0.0764. The number of piperidine rings is 1. The topological polar surface area (TPSA) is 74.6 Å². The van der Waals surface area contributed by atoms with Crippen LogP contribution in [0.1, 0.15) is 44.6 Å². The highest BCUT2D eigenvalue weighted by molar-refractivity contribution is 6.01. The third-order valence-electron chi connectivity index (χ3n) is 9.30. The van der Waals surface area contributed by atoms with Gasteiger partial charge in [-0.3, -0.25) is 9.88 Å². The van der Waals surface area contributed by atoms with E-state index in [2.05, 4.69) is 19.9 Å². The summed E-state index contributed by atoms with van der Waals surface area (Å²) in [5.74, 6) is -1.02. The molecule has 5 heterocycles. The Morgan fingerprint density at radius 2 is 1.93 bits per heavy atom. The molecule has 2 aromatic heterocycles. The first-order valence-electron chi connectivity index (χ1n) is 15.0. The number of aryl methyl sites for hydroxylation is 1. The fourth-order valence-corrected chi connectivity index (χ4v) is 7.31. The summed E-state index contributed by atoms with van der Waals surface area (Å²) in [4.78, 5) is 17.4. The average molecular weight is 596 g/mol. The Kier molecular flexibility index (Phi) is 7.03. The van der Waals surface area contributed by atoms with E-state index in [0.717, 1.165) is 19.4 Å². The van der Waals surface area contributed by atoms with E-state index in [4.69, 9.17) is 4.74 Å². The minimum atomic E-state index is -1.06. The van der Waals surface area contributed by atoms with Crippen LogP contribution in [0.5, 0.6) is 11.8 Å². The van der Waals surface area contributed by atoms with Crippen molar-refractivity contribution < 1.29 is 27.4 Å². The maximum atomic E-state index is 16.6. The van der Waals surface area contributed by atoms with Gasteiger partial charge < -0.3 is 14.7 Å². The van der Waals surface area contributed by atoms with Crippen molar-refractivity contribution in [2.24, 2.45) is 0 Å². The normalized spacial score (nSPS) is 24.3. The van der Waals surface area contributed by atoms with Crippen LogP contribution >= 0.6 is 0 Å². The van der Waals surface area contributed by atoms with Gasteiger partial charge in [-0.25, -0.2) is 17.6 Å². The molecule has 11 heteroatoms. The molecule has 3 aliphatic rings. The van der Waals surface area contributed by atoms with Crippen molar-refractivity contribution in [3.8, 4) is 23.0 Å². The number of aromatic nitrogens is 3. The van der Waals surface area contributed by atoms with Crippen LogP contribution in [0.25, 0.3) is 32.9 Å². The molecule has 4 aromatic rings. The number of fused-ring (bicyclic) bond motifs is 3. The number of nitrogens with zero attached hydrogens (tertiary/aromatic N) is 5. The Morgan fingerprint density at radius 1 is 1.07 bits per heavy atom. The van der Waals surface area contributed by atoms with Gasteiger partial charge in [-0.05, 0) is 73.2 Å². The monoisotopic (exact) mass is 595 g/mol. The zero-order valence-corrected chi connectivity index (χ0v) is 23.9. The van der Waals surface area contributed by atoms with Crippen LogP contribution in [-0.2, 0) is 6.42 Å². The number of phenols is 1. The largest absolute Gasteiger partial charge is 0.508 e.